The van der Waals surface area contributed by atoms with Crippen LogP contribution in [0.25, 0.3) is 0 Å². The first kappa shape index (κ1) is 16.1. The lowest BCUT2D eigenvalue weighted by Crippen LogP contribution is -2.40. The number of likely N-dealkylation sites (tertiary alicyclic amines) is 2. The Balaban J connectivity index is 1.68. The third-order valence-electron chi connectivity index (χ3n) is 5.20. The van der Waals surface area contributed by atoms with Crippen molar-refractivity contribution in [3.05, 3.63) is 53.4 Å². The Kier molecular flexibility index (Phi) is 3.95. The zero-order valence-corrected chi connectivity index (χ0v) is 14.6. The topological polar surface area (TPSA) is 66.7 Å². The van der Waals surface area contributed by atoms with Crippen molar-refractivity contribution in [3.63, 3.8) is 0 Å². The van der Waals surface area contributed by atoms with Crippen molar-refractivity contribution in [3.8, 4) is 0 Å². The third-order valence-corrected chi connectivity index (χ3v) is 6.09. The minimum absolute atomic E-state index is 0.0753. The molecule has 2 aliphatic rings. The molecule has 0 N–H and O–H groups in total. The monoisotopic (exact) mass is 357 g/mol. The molecule has 2 saturated heterocycles. The molecule has 0 radical (unpaired) electrons. The molecular formula is C18H19N3O3S. The molecule has 6 nitrogen and oxygen atoms in total. The molecule has 0 aromatic carbocycles. The van der Waals surface area contributed by atoms with Gasteiger partial charge in [-0.3, -0.25) is 9.59 Å². The van der Waals surface area contributed by atoms with Crippen LogP contribution in [0.15, 0.2) is 47.0 Å². The minimum Gasteiger partial charge on any atom is -0.459 e. The van der Waals surface area contributed by atoms with Crippen molar-refractivity contribution in [2.24, 2.45) is 5.41 Å². The summed E-state index contributed by atoms with van der Waals surface area (Å²) in [5.74, 6) is 0.165. The zero-order valence-electron chi connectivity index (χ0n) is 13.8. The summed E-state index contributed by atoms with van der Waals surface area (Å²) in [5.41, 5.74) is -0.594. The highest BCUT2D eigenvalue weighted by atomic mass is 32.1. The van der Waals surface area contributed by atoms with Crippen molar-refractivity contribution in [1.82, 2.24) is 14.8 Å². The maximum Gasteiger partial charge on any atom is 0.289 e. The second-order valence-corrected chi connectivity index (χ2v) is 7.46. The first-order valence-corrected chi connectivity index (χ1v) is 9.16. The van der Waals surface area contributed by atoms with Gasteiger partial charge in [-0.15, -0.1) is 17.9 Å². The number of hydrogen-bond acceptors (Lipinski definition) is 5. The Hall–Kier alpha value is -2.41. The lowest BCUT2D eigenvalue weighted by molar-refractivity contribution is -0.135. The molecular weight excluding hydrogens is 338 g/mol. The number of amides is 2. The number of thiazole rings is 1. The molecule has 4 rings (SSSR count). The molecule has 0 bridgehead atoms. The Morgan fingerprint density at radius 2 is 2.44 bits per heavy atom. The quantitative estimate of drug-likeness (QED) is 0.788. The van der Waals surface area contributed by atoms with Crippen LogP contribution in [-0.2, 0) is 4.79 Å². The van der Waals surface area contributed by atoms with Crippen LogP contribution in [0.2, 0.25) is 0 Å². The van der Waals surface area contributed by atoms with Gasteiger partial charge in [-0.25, -0.2) is 4.98 Å². The van der Waals surface area contributed by atoms with Crippen LogP contribution in [0, 0.1) is 5.41 Å². The molecule has 130 valence electrons. The average molecular weight is 357 g/mol. The van der Waals surface area contributed by atoms with Gasteiger partial charge in [0.1, 0.15) is 0 Å². The molecule has 0 unspecified atom stereocenters. The van der Waals surface area contributed by atoms with E-state index < -0.39 is 5.41 Å². The highest BCUT2D eigenvalue weighted by Crippen LogP contribution is 2.50. The van der Waals surface area contributed by atoms with E-state index in [9.17, 15) is 9.59 Å². The van der Waals surface area contributed by atoms with E-state index >= 15 is 0 Å². The first-order valence-electron chi connectivity index (χ1n) is 8.28. The maximum atomic E-state index is 13.2. The van der Waals surface area contributed by atoms with Gasteiger partial charge < -0.3 is 14.2 Å². The highest BCUT2D eigenvalue weighted by Gasteiger charge is 2.58. The molecule has 0 saturated carbocycles. The summed E-state index contributed by atoms with van der Waals surface area (Å²) in [6, 6.07) is 3.36. The second-order valence-electron chi connectivity index (χ2n) is 6.53. The molecule has 2 aliphatic heterocycles. The third kappa shape index (κ3) is 2.50. The zero-order chi connectivity index (χ0) is 17.4. The van der Waals surface area contributed by atoms with Crippen molar-refractivity contribution in [2.45, 2.75) is 12.3 Å². The van der Waals surface area contributed by atoms with E-state index in [-0.39, 0.29) is 17.7 Å². The van der Waals surface area contributed by atoms with Crippen LogP contribution in [-0.4, -0.2) is 52.8 Å². The smallest absolute Gasteiger partial charge is 0.289 e. The predicted octanol–water partition coefficient (Wildman–Crippen LogP) is 2.38. The van der Waals surface area contributed by atoms with E-state index in [1.807, 2.05) is 10.3 Å². The summed E-state index contributed by atoms with van der Waals surface area (Å²) in [6.45, 7) is 5.86. The van der Waals surface area contributed by atoms with Gasteiger partial charge in [0.25, 0.3) is 5.91 Å². The van der Waals surface area contributed by atoms with Crippen LogP contribution in [0.3, 0.4) is 0 Å². The van der Waals surface area contributed by atoms with E-state index in [1.54, 1.807) is 40.6 Å². The van der Waals surface area contributed by atoms with Crippen LogP contribution in [0.1, 0.15) is 27.9 Å². The maximum absolute atomic E-state index is 13.2. The summed E-state index contributed by atoms with van der Waals surface area (Å²) >= 11 is 1.55. The minimum atomic E-state index is -0.594. The Labute approximate surface area is 149 Å². The van der Waals surface area contributed by atoms with E-state index in [0.29, 0.717) is 31.9 Å². The summed E-state index contributed by atoms with van der Waals surface area (Å²) in [7, 11) is 0. The Morgan fingerprint density at radius 1 is 1.56 bits per heavy atom. The SMILES string of the molecule is C=CCN1CC[C@@]2(CN(C(=O)c3ccco3)C[C@@H]2c2nccs2)C1=O. The second kappa shape index (κ2) is 6.15. The first-order chi connectivity index (χ1) is 12.2. The number of nitrogens with zero attached hydrogens (tertiary/aromatic N) is 3. The Bertz CT molecular complexity index is 787. The predicted molar refractivity (Wildman–Crippen MR) is 93.3 cm³/mol. The van der Waals surface area contributed by atoms with Crippen molar-refractivity contribution in [1.29, 1.82) is 0 Å². The van der Waals surface area contributed by atoms with Crippen LogP contribution >= 0.6 is 11.3 Å². The van der Waals surface area contributed by atoms with Crippen molar-refractivity contribution in [2.75, 3.05) is 26.2 Å². The molecule has 0 aliphatic carbocycles. The molecule has 2 atom stereocenters. The molecule has 2 amide bonds. The van der Waals surface area contributed by atoms with Gasteiger partial charge in [0.2, 0.25) is 5.91 Å². The van der Waals surface area contributed by atoms with E-state index in [1.165, 1.54) is 6.26 Å². The summed E-state index contributed by atoms with van der Waals surface area (Å²) in [6.07, 6.45) is 5.72. The van der Waals surface area contributed by atoms with Crippen LogP contribution < -0.4 is 0 Å². The fourth-order valence-corrected chi connectivity index (χ4v) is 4.85. The van der Waals surface area contributed by atoms with Crippen LogP contribution in [0.5, 0.6) is 0 Å². The molecule has 4 heterocycles. The number of hydrogen-bond donors (Lipinski definition) is 0. The molecule has 2 aromatic rings. The molecule has 25 heavy (non-hydrogen) atoms. The number of aromatic nitrogens is 1. The van der Waals surface area contributed by atoms with Crippen molar-refractivity contribution < 1.29 is 14.0 Å². The lowest BCUT2D eigenvalue weighted by Gasteiger charge is -2.27. The normalized spacial score (nSPS) is 25.9. The fourth-order valence-electron chi connectivity index (χ4n) is 4.00. The van der Waals surface area contributed by atoms with Gasteiger partial charge in [0.05, 0.1) is 16.7 Å². The molecule has 2 aromatic heterocycles. The summed E-state index contributed by atoms with van der Waals surface area (Å²) < 4.78 is 5.26. The van der Waals surface area contributed by atoms with Crippen LogP contribution in [0.4, 0.5) is 0 Å². The van der Waals surface area contributed by atoms with E-state index in [4.69, 9.17) is 4.42 Å². The van der Waals surface area contributed by atoms with Gasteiger partial charge in [0.15, 0.2) is 5.76 Å². The Morgan fingerprint density at radius 3 is 3.12 bits per heavy atom. The van der Waals surface area contributed by atoms with Gasteiger partial charge in [-0.1, -0.05) is 6.08 Å². The van der Waals surface area contributed by atoms with Crippen molar-refractivity contribution >= 4 is 23.2 Å². The van der Waals surface area contributed by atoms with Gasteiger partial charge in [0, 0.05) is 43.7 Å². The largest absolute Gasteiger partial charge is 0.459 e. The van der Waals surface area contributed by atoms with E-state index in [2.05, 4.69) is 11.6 Å². The lowest BCUT2D eigenvalue weighted by atomic mass is 9.77. The van der Waals surface area contributed by atoms with Gasteiger partial charge in [-0.05, 0) is 18.6 Å². The van der Waals surface area contributed by atoms with Gasteiger partial charge in [-0.2, -0.15) is 0 Å². The number of carbonyl (C=O) groups is 2. The average Bonchev–Trinajstić information content (AvgIpc) is 3.39. The van der Waals surface area contributed by atoms with E-state index in [0.717, 1.165) is 11.4 Å². The standard InChI is InChI=1S/C18H19N3O3S/c1-2-7-20-8-5-18(17(20)23)12-21(16(22)14-4-3-9-24-14)11-13(18)15-19-6-10-25-15/h2-4,6,9-10,13H,1,5,7-8,11-12H2/t13-,18+/m1/s1. The molecule has 1 spiro atoms. The number of furan rings is 1. The fraction of sp³-hybridized carbons (Fsp3) is 0.389. The highest BCUT2D eigenvalue weighted by molar-refractivity contribution is 7.09. The van der Waals surface area contributed by atoms with Gasteiger partial charge >= 0.3 is 0 Å². The number of rotatable bonds is 4. The molecule has 7 heteroatoms. The summed E-state index contributed by atoms with van der Waals surface area (Å²) in [4.78, 5) is 33.9. The molecule has 2 fully saturated rings. The number of carbonyl (C=O) groups excluding carboxylic acids is 2. The summed E-state index contributed by atoms with van der Waals surface area (Å²) in [5, 5.41) is 2.84.